The van der Waals surface area contributed by atoms with E-state index in [-0.39, 0.29) is 12.5 Å². The minimum Gasteiger partial charge on any atom is -0.396 e. The van der Waals surface area contributed by atoms with Gasteiger partial charge in [0.25, 0.3) is 0 Å². The van der Waals surface area contributed by atoms with Gasteiger partial charge in [-0.15, -0.1) is 13.2 Å². The number of aliphatic hydroxyl groups excluding tert-OH is 1. The predicted octanol–water partition coefficient (Wildman–Crippen LogP) is 4.09. The van der Waals surface area contributed by atoms with Crippen molar-refractivity contribution in [2.75, 3.05) is 19.7 Å². The van der Waals surface area contributed by atoms with Crippen LogP contribution in [0.2, 0.25) is 0 Å². The molecule has 0 radical (unpaired) electrons. The Hall–Kier alpha value is -1.94. The molecule has 1 aromatic rings. The van der Waals surface area contributed by atoms with Crippen LogP contribution in [0.5, 0.6) is 0 Å². The van der Waals surface area contributed by atoms with E-state index in [1.165, 1.54) is 12.8 Å². The van der Waals surface area contributed by atoms with E-state index in [9.17, 15) is 4.79 Å². The van der Waals surface area contributed by atoms with Crippen LogP contribution in [0, 0.1) is 0 Å². The molecule has 1 heterocycles. The lowest BCUT2D eigenvalue weighted by molar-refractivity contribution is -0.130. The first-order valence-corrected chi connectivity index (χ1v) is 9.75. The number of hydrogen-bond donors (Lipinski definition) is 1. The lowest BCUT2D eigenvalue weighted by atomic mass is 10.1. The van der Waals surface area contributed by atoms with Crippen molar-refractivity contribution in [3.8, 4) is 0 Å². The van der Waals surface area contributed by atoms with Crippen LogP contribution in [-0.2, 0) is 17.6 Å². The molecule has 0 spiro atoms. The van der Waals surface area contributed by atoms with Crippen molar-refractivity contribution in [1.82, 2.24) is 9.88 Å². The van der Waals surface area contributed by atoms with Gasteiger partial charge in [0, 0.05) is 31.6 Å². The summed E-state index contributed by atoms with van der Waals surface area (Å²) in [6.45, 7) is 8.90. The van der Waals surface area contributed by atoms with E-state index in [1.807, 2.05) is 23.1 Å². The molecule has 0 bridgehead atoms. The number of unbranched alkanes of at least 4 members (excludes halogenated alkanes) is 4. The molecule has 0 fully saturated rings. The summed E-state index contributed by atoms with van der Waals surface area (Å²) < 4.78 is 0. The number of rotatable bonds is 15. The van der Waals surface area contributed by atoms with Gasteiger partial charge in [-0.3, -0.25) is 9.78 Å². The summed E-state index contributed by atoms with van der Waals surface area (Å²) in [6, 6.07) is 3.98. The monoisotopic (exact) mass is 358 g/mol. The number of hydrogen-bond acceptors (Lipinski definition) is 3. The highest BCUT2D eigenvalue weighted by Crippen LogP contribution is 2.10. The predicted molar refractivity (Wildman–Crippen MR) is 108 cm³/mol. The van der Waals surface area contributed by atoms with Crippen molar-refractivity contribution in [3.05, 3.63) is 54.9 Å². The van der Waals surface area contributed by atoms with Gasteiger partial charge in [0.05, 0.1) is 6.42 Å². The van der Waals surface area contributed by atoms with E-state index in [0.717, 1.165) is 43.4 Å². The summed E-state index contributed by atoms with van der Waals surface area (Å²) in [5, 5.41) is 9.06. The van der Waals surface area contributed by atoms with Gasteiger partial charge < -0.3 is 10.0 Å². The fourth-order valence-corrected chi connectivity index (χ4v) is 2.88. The first-order chi connectivity index (χ1) is 12.7. The van der Waals surface area contributed by atoms with Crippen molar-refractivity contribution in [3.63, 3.8) is 0 Å². The normalized spacial score (nSPS) is 10.5. The van der Waals surface area contributed by atoms with E-state index in [1.54, 1.807) is 6.20 Å². The van der Waals surface area contributed by atoms with Crippen LogP contribution in [0.3, 0.4) is 0 Å². The van der Waals surface area contributed by atoms with Crippen LogP contribution >= 0.6 is 0 Å². The van der Waals surface area contributed by atoms with E-state index in [4.69, 9.17) is 5.11 Å². The molecule has 0 saturated carbocycles. The van der Waals surface area contributed by atoms with Gasteiger partial charge in [0.2, 0.25) is 5.91 Å². The van der Waals surface area contributed by atoms with Gasteiger partial charge in [-0.1, -0.05) is 18.6 Å². The second-order valence-electron chi connectivity index (χ2n) is 6.61. The van der Waals surface area contributed by atoms with Crippen molar-refractivity contribution in [2.24, 2.45) is 0 Å². The summed E-state index contributed by atoms with van der Waals surface area (Å²) in [5.74, 6) is 0.116. The maximum atomic E-state index is 12.6. The molecule has 0 aliphatic carbocycles. The fraction of sp³-hybridized carbons (Fsp3) is 0.545. The molecule has 0 atom stereocenters. The van der Waals surface area contributed by atoms with E-state index >= 15 is 0 Å². The Balaban J connectivity index is 2.54. The molecule has 4 nitrogen and oxygen atoms in total. The SMILES string of the molecule is C=CCCCCCc1cc(CC(=O)N(CCCO)CCCC=C)ccn1. The summed E-state index contributed by atoms with van der Waals surface area (Å²) in [7, 11) is 0. The zero-order valence-corrected chi connectivity index (χ0v) is 16.0. The highest BCUT2D eigenvalue weighted by Gasteiger charge is 2.13. The average Bonchev–Trinajstić information content (AvgIpc) is 2.64. The Labute approximate surface area is 158 Å². The Morgan fingerprint density at radius 1 is 1.08 bits per heavy atom. The van der Waals surface area contributed by atoms with E-state index in [2.05, 4.69) is 24.2 Å². The second-order valence-corrected chi connectivity index (χ2v) is 6.61. The molecule has 144 valence electrons. The number of aryl methyl sites for hydroxylation is 1. The quantitative estimate of drug-likeness (QED) is 0.379. The number of aliphatic hydroxyl groups is 1. The molecule has 0 aliphatic rings. The number of aromatic nitrogens is 1. The van der Waals surface area contributed by atoms with Gasteiger partial charge in [0.15, 0.2) is 0 Å². The van der Waals surface area contributed by atoms with Gasteiger partial charge >= 0.3 is 0 Å². The Kier molecular flexibility index (Phi) is 12.1. The molecule has 1 N–H and O–H groups in total. The van der Waals surface area contributed by atoms with E-state index < -0.39 is 0 Å². The number of pyridine rings is 1. The molecular formula is C22H34N2O2. The topological polar surface area (TPSA) is 53.4 Å². The number of nitrogens with zero attached hydrogens (tertiary/aromatic N) is 2. The summed E-state index contributed by atoms with van der Waals surface area (Å²) in [4.78, 5) is 18.9. The molecule has 0 aliphatic heterocycles. The molecule has 4 heteroatoms. The number of carbonyl (C=O) groups is 1. The Bertz CT molecular complexity index is 543. The molecule has 0 saturated heterocycles. The smallest absolute Gasteiger partial charge is 0.226 e. The van der Waals surface area contributed by atoms with E-state index in [0.29, 0.717) is 25.9 Å². The maximum absolute atomic E-state index is 12.6. The van der Waals surface area contributed by atoms with Crippen molar-refractivity contribution in [2.45, 2.75) is 57.8 Å². The number of allylic oxidation sites excluding steroid dienone is 2. The minimum absolute atomic E-state index is 0.108. The van der Waals surface area contributed by atoms with Crippen molar-refractivity contribution < 1.29 is 9.90 Å². The summed E-state index contributed by atoms with van der Waals surface area (Å²) in [6.07, 6.45) is 13.9. The Morgan fingerprint density at radius 3 is 2.54 bits per heavy atom. The first kappa shape index (κ1) is 22.1. The third-order valence-electron chi connectivity index (χ3n) is 4.35. The maximum Gasteiger partial charge on any atom is 0.226 e. The molecule has 1 aromatic heterocycles. The third-order valence-corrected chi connectivity index (χ3v) is 4.35. The van der Waals surface area contributed by atoms with Gasteiger partial charge in [-0.25, -0.2) is 0 Å². The van der Waals surface area contributed by atoms with Crippen LogP contribution < -0.4 is 0 Å². The average molecular weight is 359 g/mol. The zero-order chi connectivity index (χ0) is 19.0. The standard InChI is InChI=1S/C22H34N2O2/c1-3-5-7-8-9-12-21-18-20(13-14-23-21)19-22(26)24(16-11-17-25)15-10-6-4-2/h3-4,13-14,18,25H,1-2,5-12,15-17,19H2. The second kappa shape index (κ2) is 14.3. The molecule has 0 aromatic carbocycles. The lowest BCUT2D eigenvalue weighted by Gasteiger charge is -2.22. The summed E-state index contributed by atoms with van der Waals surface area (Å²) in [5.41, 5.74) is 2.08. The van der Waals surface area contributed by atoms with Crippen molar-refractivity contribution >= 4 is 5.91 Å². The van der Waals surface area contributed by atoms with Gasteiger partial charge in [-0.2, -0.15) is 0 Å². The zero-order valence-electron chi connectivity index (χ0n) is 16.0. The summed E-state index contributed by atoms with van der Waals surface area (Å²) >= 11 is 0. The molecule has 0 unspecified atom stereocenters. The highest BCUT2D eigenvalue weighted by atomic mass is 16.3. The third kappa shape index (κ3) is 9.52. The highest BCUT2D eigenvalue weighted by molar-refractivity contribution is 5.78. The first-order valence-electron chi connectivity index (χ1n) is 9.75. The van der Waals surface area contributed by atoms with Gasteiger partial charge in [-0.05, 0) is 62.6 Å². The molecule has 26 heavy (non-hydrogen) atoms. The van der Waals surface area contributed by atoms with Gasteiger partial charge in [0.1, 0.15) is 0 Å². The number of amides is 1. The van der Waals surface area contributed by atoms with Crippen molar-refractivity contribution in [1.29, 1.82) is 0 Å². The molecule has 1 amide bonds. The lowest BCUT2D eigenvalue weighted by Crippen LogP contribution is -2.34. The molecule has 1 rings (SSSR count). The molecular weight excluding hydrogens is 324 g/mol. The fourth-order valence-electron chi connectivity index (χ4n) is 2.88. The largest absolute Gasteiger partial charge is 0.396 e. The number of carbonyl (C=O) groups excluding carboxylic acids is 1. The van der Waals surface area contributed by atoms with Crippen LogP contribution in [0.25, 0.3) is 0 Å². The van der Waals surface area contributed by atoms with Crippen LogP contribution in [0.1, 0.15) is 56.2 Å². The van der Waals surface area contributed by atoms with Crippen LogP contribution in [0.4, 0.5) is 0 Å². The minimum atomic E-state index is 0.108. The van der Waals surface area contributed by atoms with Crippen LogP contribution in [0.15, 0.2) is 43.6 Å². The van der Waals surface area contributed by atoms with Crippen LogP contribution in [-0.4, -0.2) is 40.6 Å². The Morgan fingerprint density at radius 2 is 1.81 bits per heavy atom.